The summed E-state index contributed by atoms with van der Waals surface area (Å²) in [7, 11) is 0. The highest BCUT2D eigenvalue weighted by Gasteiger charge is 2.44. The van der Waals surface area contributed by atoms with E-state index in [4.69, 9.17) is 4.74 Å². The minimum absolute atomic E-state index is 0.0493. The minimum Gasteiger partial charge on any atom is -0.363 e. The molecule has 1 amide bonds. The average molecular weight is 231 g/mol. The number of nitrogens with zero attached hydrogens (tertiary/aromatic N) is 1. The van der Waals surface area contributed by atoms with Gasteiger partial charge in [-0.1, -0.05) is 24.3 Å². The van der Waals surface area contributed by atoms with E-state index >= 15 is 0 Å². The number of ether oxygens (including phenoxy) is 1. The molecule has 0 N–H and O–H groups in total. The number of amides is 1. The molecule has 3 aliphatic heterocycles. The highest BCUT2D eigenvalue weighted by molar-refractivity contribution is 5.84. The van der Waals surface area contributed by atoms with Crippen molar-refractivity contribution in [2.75, 3.05) is 6.54 Å². The molecule has 3 fully saturated rings. The summed E-state index contributed by atoms with van der Waals surface area (Å²) in [4.78, 5) is 24.6. The van der Waals surface area contributed by atoms with E-state index in [0.717, 1.165) is 18.3 Å². The molecular weight excluding hydrogens is 218 g/mol. The Bertz CT molecular complexity index is 465. The number of hydrogen-bond donors (Lipinski definition) is 0. The van der Waals surface area contributed by atoms with Crippen molar-refractivity contribution < 1.29 is 14.3 Å². The van der Waals surface area contributed by atoms with Gasteiger partial charge in [0.25, 0.3) is 5.91 Å². The van der Waals surface area contributed by atoms with Crippen LogP contribution in [0.25, 0.3) is 0 Å². The van der Waals surface area contributed by atoms with E-state index in [-0.39, 0.29) is 18.1 Å². The lowest BCUT2D eigenvalue weighted by molar-refractivity contribution is -0.199. The maximum absolute atomic E-state index is 11.9. The summed E-state index contributed by atoms with van der Waals surface area (Å²) in [5, 5.41) is 0. The van der Waals surface area contributed by atoms with Crippen LogP contribution in [0.3, 0.4) is 0 Å². The molecule has 2 unspecified atom stereocenters. The molecule has 4 rings (SSSR count). The zero-order valence-corrected chi connectivity index (χ0v) is 9.33. The highest BCUT2D eigenvalue weighted by atomic mass is 16.5. The monoisotopic (exact) mass is 231 g/mol. The lowest BCUT2D eigenvalue weighted by Gasteiger charge is -2.46. The van der Waals surface area contributed by atoms with Crippen molar-refractivity contribution in [1.29, 1.82) is 0 Å². The molecule has 4 heteroatoms. The highest BCUT2D eigenvalue weighted by Crippen LogP contribution is 2.30. The van der Waals surface area contributed by atoms with Gasteiger partial charge in [-0.15, -0.1) is 0 Å². The summed E-state index contributed by atoms with van der Waals surface area (Å²) in [6.45, 7) is 1.15. The molecule has 0 aliphatic carbocycles. The molecule has 4 nitrogen and oxygen atoms in total. The first-order valence-electron chi connectivity index (χ1n) is 5.75. The number of aldehydes is 1. The fourth-order valence-electron chi connectivity index (χ4n) is 2.42. The molecule has 0 saturated carbocycles. The number of carbonyl (C=O) groups excluding carboxylic acids is 2. The number of rotatable bonds is 3. The first-order chi connectivity index (χ1) is 8.28. The standard InChI is InChI=1S/C13H13NO3/c15-8-10-4-2-1-3-9(10)6-14-7-11-5-12(17-11)13(14)16/h1-4,8,11-12H,5-7H2. The molecule has 2 atom stereocenters. The van der Waals surface area contributed by atoms with Gasteiger partial charge in [0.15, 0.2) is 0 Å². The van der Waals surface area contributed by atoms with Gasteiger partial charge < -0.3 is 9.64 Å². The molecule has 0 aromatic heterocycles. The normalized spacial score (nSPS) is 26.6. The summed E-state index contributed by atoms with van der Waals surface area (Å²) < 4.78 is 5.35. The van der Waals surface area contributed by atoms with Gasteiger partial charge in [-0.05, 0) is 5.56 Å². The van der Waals surface area contributed by atoms with Crippen molar-refractivity contribution in [2.24, 2.45) is 0 Å². The molecule has 1 aromatic carbocycles. The number of benzene rings is 1. The first-order valence-corrected chi connectivity index (χ1v) is 5.75. The van der Waals surface area contributed by atoms with Gasteiger partial charge >= 0.3 is 0 Å². The molecule has 1 aromatic rings. The molecule has 0 radical (unpaired) electrons. The Hall–Kier alpha value is -1.68. The Kier molecular flexibility index (Phi) is 2.44. The topological polar surface area (TPSA) is 46.6 Å². The molecule has 3 aliphatic rings. The van der Waals surface area contributed by atoms with Gasteiger partial charge in [-0.2, -0.15) is 0 Å². The quantitative estimate of drug-likeness (QED) is 0.729. The van der Waals surface area contributed by atoms with Crippen LogP contribution in [-0.4, -0.2) is 35.8 Å². The molecule has 0 spiro atoms. The summed E-state index contributed by atoms with van der Waals surface area (Å²) >= 11 is 0. The third-order valence-electron chi connectivity index (χ3n) is 3.39. The fraction of sp³-hybridized carbons (Fsp3) is 0.385. The van der Waals surface area contributed by atoms with Gasteiger partial charge in [0.2, 0.25) is 0 Å². The van der Waals surface area contributed by atoms with Crippen LogP contribution in [0.1, 0.15) is 22.3 Å². The largest absolute Gasteiger partial charge is 0.363 e. The molecule has 3 saturated heterocycles. The summed E-state index contributed by atoms with van der Waals surface area (Å²) in [6, 6.07) is 7.37. The summed E-state index contributed by atoms with van der Waals surface area (Å²) in [6.07, 6.45) is 1.64. The van der Waals surface area contributed by atoms with E-state index in [1.165, 1.54) is 0 Å². The van der Waals surface area contributed by atoms with E-state index in [2.05, 4.69) is 0 Å². The Labute approximate surface area is 99.2 Å². The molecule has 3 heterocycles. The lowest BCUT2D eigenvalue weighted by atomic mass is 9.97. The average Bonchev–Trinajstić information content (AvgIpc) is 2.30. The van der Waals surface area contributed by atoms with E-state index in [1.807, 2.05) is 18.2 Å². The van der Waals surface area contributed by atoms with Crippen LogP contribution in [0.5, 0.6) is 0 Å². The fourth-order valence-corrected chi connectivity index (χ4v) is 2.42. The third kappa shape index (κ3) is 1.74. The maximum atomic E-state index is 11.9. The van der Waals surface area contributed by atoms with Crippen LogP contribution in [0.4, 0.5) is 0 Å². The van der Waals surface area contributed by atoms with Crippen molar-refractivity contribution in [3.05, 3.63) is 35.4 Å². The zero-order valence-electron chi connectivity index (χ0n) is 9.33. The minimum atomic E-state index is -0.239. The number of carbonyl (C=O) groups is 2. The lowest BCUT2D eigenvalue weighted by Crippen LogP contribution is -2.60. The van der Waals surface area contributed by atoms with Crippen LogP contribution in [0.15, 0.2) is 24.3 Å². The van der Waals surface area contributed by atoms with Gasteiger partial charge in [0.1, 0.15) is 12.4 Å². The second-order valence-electron chi connectivity index (χ2n) is 4.52. The second kappa shape index (κ2) is 3.96. The van der Waals surface area contributed by atoms with E-state index in [0.29, 0.717) is 18.7 Å². The van der Waals surface area contributed by atoms with Crippen molar-refractivity contribution in [2.45, 2.75) is 25.2 Å². The van der Waals surface area contributed by atoms with E-state index in [1.54, 1.807) is 11.0 Å². The van der Waals surface area contributed by atoms with Crippen molar-refractivity contribution in [1.82, 2.24) is 4.90 Å². The Balaban J connectivity index is 1.78. The summed E-state index contributed by atoms with van der Waals surface area (Å²) in [5.74, 6) is 0.0493. The maximum Gasteiger partial charge on any atom is 0.252 e. The third-order valence-corrected chi connectivity index (χ3v) is 3.39. The predicted molar refractivity (Wildman–Crippen MR) is 60.5 cm³/mol. The predicted octanol–water partition coefficient (Wildman–Crippen LogP) is 0.999. The smallest absolute Gasteiger partial charge is 0.252 e. The van der Waals surface area contributed by atoms with Crippen LogP contribution in [-0.2, 0) is 16.1 Å². The van der Waals surface area contributed by atoms with Crippen molar-refractivity contribution in [3.63, 3.8) is 0 Å². The number of morpholine rings is 1. The van der Waals surface area contributed by atoms with Crippen LogP contribution in [0.2, 0.25) is 0 Å². The molecule has 88 valence electrons. The molecular formula is C13H13NO3. The van der Waals surface area contributed by atoms with Crippen LogP contribution in [0, 0.1) is 0 Å². The van der Waals surface area contributed by atoms with Crippen LogP contribution < -0.4 is 0 Å². The Morgan fingerprint density at radius 1 is 1.41 bits per heavy atom. The molecule has 2 bridgehead atoms. The zero-order chi connectivity index (χ0) is 11.8. The van der Waals surface area contributed by atoms with Gasteiger partial charge in [-0.25, -0.2) is 0 Å². The Morgan fingerprint density at radius 3 is 2.88 bits per heavy atom. The van der Waals surface area contributed by atoms with E-state index in [9.17, 15) is 9.59 Å². The van der Waals surface area contributed by atoms with Crippen molar-refractivity contribution >= 4 is 12.2 Å². The number of fused-ring (bicyclic) bond motifs is 2. The van der Waals surface area contributed by atoms with Crippen LogP contribution >= 0.6 is 0 Å². The number of piperidine rings is 1. The summed E-state index contributed by atoms with van der Waals surface area (Å²) in [5.41, 5.74) is 1.55. The van der Waals surface area contributed by atoms with E-state index < -0.39 is 0 Å². The Morgan fingerprint density at radius 2 is 2.18 bits per heavy atom. The van der Waals surface area contributed by atoms with Gasteiger partial charge in [0, 0.05) is 25.1 Å². The van der Waals surface area contributed by atoms with Gasteiger partial charge in [0.05, 0.1) is 6.10 Å². The first kappa shape index (κ1) is 10.5. The van der Waals surface area contributed by atoms with Crippen molar-refractivity contribution in [3.8, 4) is 0 Å². The number of hydrogen-bond acceptors (Lipinski definition) is 3. The SMILES string of the molecule is O=Cc1ccccc1CN1CC2CC(O2)C1=O. The van der Waals surface area contributed by atoms with Gasteiger partial charge in [-0.3, -0.25) is 9.59 Å². The second-order valence-corrected chi connectivity index (χ2v) is 4.52. The molecule has 17 heavy (non-hydrogen) atoms.